The van der Waals surface area contributed by atoms with Crippen LogP contribution >= 0.6 is 0 Å². The first kappa shape index (κ1) is 10.1. The van der Waals surface area contributed by atoms with E-state index in [1.54, 1.807) is 0 Å². The quantitative estimate of drug-likeness (QED) is 0.666. The van der Waals surface area contributed by atoms with Crippen LogP contribution in [0.1, 0.15) is 12.8 Å². The van der Waals surface area contributed by atoms with Gasteiger partial charge in [-0.25, -0.2) is 0 Å². The Bertz CT molecular complexity index is 249. The highest BCUT2D eigenvalue weighted by atomic mass is 19.4. The minimum absolute atomic E-state index is 0.186. The molecule has 0 aromatic carbocycles. The van der Waals surface area contributed by atoms with Crippen LogP contribution in [0.4, 0.5) is 13.2 Å². The summed E-state index contributed by atoms with van der Waals surface area (Å²) in [5, 5.41) is 0. The molecule has 1 aliphatic rings. The van der Waals surface area contributed by atoms with E-state index in [2.05, 4.69) is 4.99 Å². The number of hydrogen-bond donors (Lipinski definition) is 1. The van der Waals surface area contributed by atoms with Gasteiger partial charge in [0.15, 0.2) is 0 Å². The van der Waals surface area contributed by atoms with E-state index in [1.165, 1.54) is 7.05 Å². The Morgan fingerprint density at radius 3 is 2.31 bits per heavy atom. The van der Waals surface area contributed by atoms with E-state index in [0.717, 1.165) is 18.9 Å². The van der Waals surface area contributed by atoms with Gasteiger partial charge < -0.3 is 5.73 Å². The number of rotatable bonds is 2. The SMILES string of the molecule is CN=C(C=C(N)C(F)(F)F)C1CC1. The van der Waals surface area contributed by atoms with Gasteiger partial charge in [-0.1, -0.05) is 0 Å². The largest absolute Gasteiger partial charge is 0.430 e. The van der Waals surface area contributed by atoms with Crippen molar-refractivity contribution < 1.29 is 13.2 Å². The molecule has 0 amide bonds. The molecular formula is C8H11F3N2. The molecule has 0 atom stereocenters. The summed E-state index contributed by atoms with van der Waals surface area (Å²) in [6.07, 6.45) is -1.69. The van der Waals surface area contributed by atoms with Crippen molar-refractivity contribution in [1.82, 2.24) is 0 Å². The molecule has 74 valence electrons. The van der Waals surface area contributed by atoms with E-state index < -0.39 is 11.9 Å². The highest BCUT2D eigenvalue weighted by Crippen LogP contribution is 2.32. The van der Waals surface area contributed by atoms with Gasteiger partial charge in [-0.2, -0.15) is 13.2 Å². The molecule has 0 bridgehead atoms. The number of halogens is 3. The molecule has 2 N–H and O–H groups in total. The second-order valence-electron chi connectivity index (χ2n) is 3.02. The zero-order chi connectivity index (χ0) is 10.1. The van der Waals surface area contributed by atoms with Crippen LogP contribution < -0.4 is 5.73 Å². The van der Waals surface area contributed by atoms with Crippen molar-refractivity contribution in [2.75, 3.05) is 7.05 Å². The van der Waals surface area contributed by atoms with E-state index in [1.807, 2.05) is 0 Å². The summed E-state index contributed by atoms with van der Waals surface area (Å²) in [6, 6.07) is 0. The van der Waals surface area contributed by atoms with Gasteiger partial charge >= 0.3 is 6.18 Å². The van der Waals surface area contributed by atoms with Crippen molar-refractivity contribution in [3.05, 3.63) is 11.8 Å². The van der Waals surface area contributed by atoms with Gasteiger partial charge in [0.05, 0.1) is 0 Å². The van der Waals surface area contributed by atoms with Crippen molar-refractivity contribution in [2.45, 2.75) is 19.0 Å². The third-order valence-electron chi connectivity index (χ3n) is 1.88. The van der Waals surface area contributed by atoms with Gasteiger partial charge in [0.1, 0.15) is 5.70 Å². The molecule has 13 heavy (non-hydrogen) atoms. The lowest BCUT2D eigenvalue weighted by Gasteiger charge is -2.06. The minimum atomic E-state index is -4.44. The number of nitrogens with zero attached hydrogens (tertiary/aromatic N) is 1. The molecule has 0 aliphatic heterocycles. The van der Waals surface area contributed by atoms with Crippen LogP contribution in [0.25, 0.3) is 0 Å². The number of alkyl halides is 3. The van der Waals surface area contributed by atoms with Crippen LogP contribution in [0.15, 0.2) is 16.8 Å². The van der Waals surface area contributed by atoms with E-state index >= 15 is 0 Å². The monoisotopic (exact) mass is 192 g/mol. The van der Waals surface area contributed by atoms with Gasteiger partial charge in [-0.05, 0) is 18.9 Å². The molecule has 0 radical (unpaired) electrons. The first-order chi connectivity index (χ1) is 5.95. The van der Waals surface area contributed by atoms with E-state index in [0.29, 0.717) is 5.71 Å². The van der Waals surface area contributed by atoms with Crippen LogP contribution in [0.2, 0.25) is 0 Å². The van der Waals surface area contributed by atoms with Gasteiger partial charge in [-0.15, -0.1) is 0 Å². The smallest absolute Gasteiger partial charge is 0.395 e. The van der Waals surface area contributed by atoms with Gasteiger partial charge in [0, 0.05) is 18.7 Å². The Morgan fingerprint density at radius 1 is 1.46 bits per heavy atom. The third-order valence-corrected chi connectivity index (χ3v) is 1.88. The Balaban J connectivity index is 2.73. The fourth-order valence-electron chi connectivity index (χ4n) is 0.985. The summed E-state index contributed by atoms with van der Waals surface area (Å²) >= 11 is 0. The fourth-order valence-corrected chi connectivity index (χ4v) is 0.985. The predicted octanol–water partition coefficient (Wildman–Crippen LogP) is 1.87. The first-order valence-corrected chi connectivity index (χ1v) is 3.96. The lowest BCUT2D eigenvalue weighted by Crippen LogP contribution is -2.21. The van der Waals surface area contributed by atoms with Crippen molar-refractivity contribution in [3.8, 4) is 0 Å². The molecule has 2 nitrogen and oxygen atoms in total. The van der Waals surface area contributed by atoms with Gasteiger partial charge in [0.25, 0.3) is 0 Å². The molecule has 0 unspecified atom stereocenters. The standard InChI is InChI=1S/C8H11F3N2/c1-13-6(5-2-3-5)4-7(12)8(9,10)11/h4-5H,2-3,12H2,1H3. The lowest BCUT2D eigenvalue weighted by molar-refractivity contribution is -0.0925. The molecule has 1 aliphatic carbocycles. The van der Waals surface area contributed by atoms with Crippen LogP contribution in [-0.4, -0.2) is 18.9 Å². The maximum Gasteiger partial charge on any atom is 0.430 e. The van der Waals surface area contributed by atoms with Gasteiger partial charge in [-0.3, -0.25) is 4.99 Å². The molecular weight excluding hydrogens is 181 g/mol. The molecule has 0 heterocycles. The summed E-state index contributed by atoms with van der Waals surface area (Å²) < 4.78 is 35.9. The fraction of sp³-hybridized carbons (Fsp3) is 0.625. The molecule has 5 heteroatoms. The number of allylic oxidation sites excluding steroid dienone is 2. The van der Waals surface area contributed by atoms with Crippen molar-refractivity contribution >= 4 is 5.71 Å². The Labute approximate surface area is 74.3 Å². The molecule has 1 saturated carbocycles. The molecule has 1 rings (SSSR count). The van der Waals surface area contributed by atoms with Crippen molar-refractivity contribution in [2.24, 2.45) is 16.6 Å². The Morgan fingerprint density at radius 2 is 2.00 bits per heavy atom. The Kier molecular flexibility index (Phi) is 2.63. The number of hydrogen-bond acceptors (Lipinski definition) is 2. The number of nitrogens with two attached hydrogens (primary N) is 1. The van der Waals surface area contributed by atoms with E-state index in [4.69, 9.17) is 5.73 Å². The van der Waals surface area contributed by atoms with Gasteiger partial charge in [0.2, 0.25) is 0 Å². The number of aliphatic imine (C=N–C) groups is 1. The van der Waals surface area contributed by atoms with Crippen LogP contribution in [0.3, 0.4) is 0 Å². The zero-order valence-corrected chi connectivity index (χ0v) is 7.23. The lowest BCUT2D eigenvalue weighted by atomic mass is 10.2. The molecule has 0 aromatic rings. The topological polar surface area (TPSA) is 38.4 Å². The average molecular weight is 192 g/mol. The Hall–Kier alpha value is -1.00. The average Bonchev–Trinajstić information content (AvgIpc) is 2.80. The molecule has 1 fully saturated rings. The van der Waals surface area contributed by atoms with Crippen LogP contribution in [0.5, 0.6) is 0 Å². The normalized spacial score (nSPS) is 20.6. The maximum absolute atomic E-state index is 12.0. The summed E-state index contributed by atoms with van der Waals surface area (Å²) in [5.41, 5.74) is 4.23. The summed E-state index contributed by atoms with van der Waals surface area (Å²) in [5.74, 6) is 0.186. The summed E-state index contributed by atoms with van der Waals surface area (Å²) in [6.45, 7) is 0. The summed E-state index contributed by atoms with van der Waals surface area (Å²) in [4.78, 5) is 3.76. The zero-order valence-electron chi connectivity index (χ0n) is 7.23. The molecule has 0 aromatic heterocycles. The van der Waals surface area contributed by atoms with E-state index in [-0.39, 0.29) is 5.92 Å². The first-order valence-electron chi connectivity index (χ1n) is 3.96. The second kappa shape index (κ2) is 3.40. The third kappa shape index (κ3) is 2.75. The maximum atomic E-state index is 12.0. The summed E-state index contributed by atoms with van der Waals surface area (Å²) in [7, 11) is 1.48. The van der Waals surface area contributed by atoms with Crippen LogP contribution in [-0.2, 0) is 0 Å². The minimum Gasteiger partial charge on any atom is -0.395 e. The predicted molar refractivity (Wildman–Crippen MR) is 44.4 cm³/mol. The highest BCUT2D eigenvalue weighted by molar-refractivity contribution is 5.98. The second-order valence-corrected chi connectivity index (χ2v) is 3.02. The van der Waals surface area contributed by atoms with Crippen molar-refractivity contribution in [3.63, 3.8) is 0 Å². The van der Waals surface area contributed by atoms with Crippen LogP contribution in [0, 0.1) is 5.92 Å². The highest BCUT2D eigenvalue weighted by Gasteiger charge is 2.33. The van der Waals surface area contributed by atoms with Crippen molar-refractivity contribution in [1.29, 1.82) is 0 Å². The van der Waals surface area contributed by atoms with E-state index in [9.17, 15) is 13.2 Å². The molecule has 0 spiro atoms. The molecule has 0 saturated heterocycles.